The molecule has 0 spiro atoms. The van der Waals surface area contributed by atoms with Crippen LogP contribution in [-0.4, -0.2) is 21.6 Å². The number of hydrogen-bond donors (Lipinski definition) is 2. The third-order valence-corrected chi connectivity index (χ3v) is 4.24. The molecule has 0 saturated carbocycles. The average molecular weight is 388 g/mol. The molecule has 2 amide bonds. The number of aromatic nitrogens is 2. The summed E-state index contributed by atoms with van der Waals surface area (Å²) in [6.07, 6.45) is 6.77. The summed E-state index contributed by atoms with van der Waals surface area (Å²) in [7, 11) is 0. The van der Waals surface area contributed by atoms with Crippen LogP contribution in [0.1, 0.15) is 25.0 Å². The van der Waals surface area contributed by atoms with Crippen molar-refractivity contribution in [3.63, 3.8) is 0 Å². The predicted molar refractivity (Wildman–Crippen MR) is 114 cm³/mol. The first-order valence-corrected chi connectivity index (χ1v) is 9.47. The minimum absolute atomic E-state index is 0.0369. The number of amides is 2. The Morgan fingerprint density at radius 2 is 1.90 bits per heavy atom. The molecule has 0 aliphatic heterocycles. The summed E-state index contributed by atoms with van der Waals surface area (Å²) >= 11 is 0. The fourth-order valence-electron chi connectivity index (χ4n) is 2.61. The fourth-order valence-corrected chi connectivity index (χ4v) is 2.61. The predicted octanol–water partition coefficient (Wildman–Crippen LogP) is 3.80. The largest absolute Gasteiger partial charge is 0.348 e. The Hall–Kier alpha value is -3.67. The number of rotatable bonds is 7. The highest BCUT2D eigenvalue weighted by atomic mass is 16.2. The van der Waals surface area contributed by atoms with Gasteiger partial charge >= 0.3 is 0 Å². The zero-order valence-corrected chi connectivity index (χ0v) is 16.5. The summed E-state index contributed by atoms with van der Waals surface area (Å²) in [5, 5.41) is 10.0. The van der Waals surface area contributed by atoms with Crippen molar-refractivity contribution in [3.05, 3.63) is 84.2 Å². The third-order valence-electron chi connectivity index (χ3n) is 4.24. The Kier molecular flexibility index (Phi) is 6.58. The zero-order valence-electron chi connectivity index (χ0n) is 16.5. The van der Waals surface area contributed by atoms with Gasteiger partial charge in [0.15, 0.2) is 0 Å². The molecular formula is C23H24N4O2. The van der Waals surface area contributed by atoms with Crippen molar-refractivity contribution in [3.8, 4) is 5.69 Å². The van der Waals surface area contributed by atoms with Gasteiger partial charge in [0, 0.05) is 36.0 Å². The second-order valence-electron chi connectivity index (χ2n) is 6.95. The molecule has 0 aliphatic rings. The van der Waals surface area contributed by atoms with Crippen molar-refractivity contribution in [1.82, 2.24) is 15.1 Å². The van der Waals surface area contributed by atoms with E-state index in [1.54, 1.807) is 17.0 Å². The van der Waals surface area contributed by atoms with Gasteiger partial charge in [0.1, 0.15) is 0 Å². The van der Waals surface area contributed by atoms with E-state index in [9.17, 15) is 9.59 Å². The van der Waals surface area contributed by atoms with Crippen LogP contribution >= 0.6 is 0 Å². The summed E-state index contributed by atoms with van der Waals surface area (Å²) < 4.78 is 1.76. The van der Waals surface area contributed by atoms with Gasteiger partial charge in [0.25, 0.3) is 0 Å². The van der Waals surface area contributed by atoms with Crippen LogP contribution in [0.3, 0.4) is 0 Å². The van der Waals surface area contributed by atoms with Crippen LogP contribution in [0.5, 0.6) is 0 Å². The lowest BCUT2D eigenvalue weighted by molar-refractivity contribution is -0.119. The lowest BCUT2D eigenvalue weighted by atomic mass is 10.1. The number of carbonyl (C=O) groups excluding carboxylic acids is 2. The Balaban J connectivity index is 1.54. The van der Waals surface area contributed by atoms with Crippen LogP contribution in [0.15, 0.2) is 73.1 Å². The van der Waals surface area contributed by atoms with Crippen LogP contribution in [0.25, 0.3) is 11.8 Å². The molecule has 0 fully saturated rings. The first kappa shape index (κ1) is 20.1. The van der Waals surface area contributed by atoms with Gasteiger partial charge < -0.3 is 10.6 Å². The highest BCUT2D eigenvalue weighted by Crippen LogP contribution is 2.12. The van der Waals surface area contributed by atoms with Crippen LogP contribution in [-0.2, 0) is 16.1 Å². The van der Waals surface area contributed by atoms with Crippen LogP contribution in [0, 0.1) is 5.92 Å². The van der Waals surface area contributed by atoms with Crippen molar-refractivity contribution in [2.45, 2.75) is 20.4 Å². The van der Waals surface area contributed by atoms with Gasteiger partial charge in [-0.1, -0.05) is 44.2 Å². The van der Waals surface area contributed by atoms with Crippen LogP contribution in [0.4, 0.5) is 5.69 Å². The molecule has 6 nitrogen and oxygen atoms in total. The van der Waals surface area contributed by atoms with E-state index in [0.717, 1.165) is 22.5 Å². The molecule has 0 atom stereocenters. The normalized spacial score (nSPS) is 11.0. The van der Waals surface area contributed by atoms with Gasteiger partial charge in [-0.2, -0.15) is 5.10 Å². The van der Waals surface area contributed by atoms with E-state index in [4.69, 9.17) is 0 Å². The molecule has 2 aromatic carbocycles. The minimum atomic E-state index is -0.200. The Morgan fingerprint density at radius 3 is 2.66 bits per heavy atom. The average Bonchev–Trinajstić information content (AvgIpc) is 3.21. The van der Waals surface area contributed by atoms with E-state index in [0.29, 0.717) is 6.54 Å². The van der Waals surface area contributed by atoms with E-state index in [2.05, 4.69) is 15.7 Å². The molecule has 0 unspecified atom stereocenters. The molecule has 0 radical (unpaired) electrons. The highest BCUT2D eigenvalue weighted by molar-refractivity contribution is 5.92. The van der Waals surface area contributed by atoms with E-state index in [-0.39, 0.29) is 17.7 Å². The topological polar surface area (TPSA) is 76.0 Å². The van der Waals surface area contributed by atoms with Crippen molar-refractivity contribution in [2.75, 3.05) is 5.32 Å². The smallest absolute Gasteiger partial charge is 0.244 e. The number of carbonyl (C=O) groups is 2. The highest BCUT2D eigenvalue weighted by Gasteiger charge is 2.07. The standard InChI is InChI=1S/C23H24N4O2/c1-17(2)23(29)26-20-8-6-7-18(13-20)14-24-22(28)12-11-19-15-25-27(16-19)21-9-4-3-5-10-21/h3-13,15-17H,14H2,1-2H3,(H,24,28)(H,26,29)/b12-11+. The molecule has 2 N–H and O–H groups in total. The summed E-state index contributed by atoms with van der Waals surface area (Å²) in [6.45, 7) is 4.06. The molecule has 3 aromatic rings. The van der Waals surface area contributed by atoms with E-state index in [1.807, 2.05) is 74.6 Å². The number of nitrogens with one attached hydrogen (secondary N) is 2. The van der Waals surface area contributed by atoms with E-state index < -0.39 is 0 Å². The maximum Gasteiger partial charge on any atom is 0.244 e. The Bertz CT molecular complexity index is 1010. The monoisotopic (exact) mass is 388 g/mol. The summed E-state index contributed by atoms with van der Waals surface area (Å²) in [4.78, 5) is 23.9. The Morgan fingerprint density at radius 1 is 1.10 bits per heavy atom. The van der Waals surface area contributed by atoms with Gasteiger partial charge in [-0.3, -0.25) is 9.59 Å². The maximum atomic E-state index is 12.1. The third kappa shape index (κ3) is 5.90. The lowest BCUT2D eigenvalue weighted by Gasteiger charge is -2.09. The number of benzene rings is 2. The van der Waals surface area contributed by atoms with Crippen LogP contribution < -0.4 is 10.6 Å². The molecule has 3 rings (SSSR count). The van der Waals surface area contributed by atoms with Crippen molar-refractivity contribution in [1.29, 1.82) is 0 Å². The first-order chi connectivity index (χ1) is 14.0. The minimum Gasteiger partial charge on any atom is -0.348 e. The van der Waals surface area contributed by atoms with Crippen molar-refractivity contribution < 1.29 is 9.59 Å². The van der Waals surface area contributed by atoms with Gasteiger partial charge in [-0.05, 0) is 35.9 Å². The van der Waals surface area contributed by atoms with E-state index in [1.165, 1.54) is 6.08 Å². The quantitative estimate of drug-likeness (QED) is 0.605. The second kappa shape index (κ2) is 9.50. The molecule has 6 heteroatoms. The van der Waals surface area contributed by atoms with Crippen molar-refractivity contribution in [2.24, 2.45) is 5.92 Å². The molecule has 29 heavy (non-hydrogen) atoms. The molecule has 0 bridgehead atoms. The van der Waals surface area contributed by atoms with Crippen LogP contribution in [0.2, 0.25) is 0 Å². The summed E-state index contributed by atoms with van der Waals surface area (Å²) in [5.41, 5.74) is 3.42. The fraction of sp³-hybridized carbons (Fsp3) is 0.174. The zero-order chi connectivity index (χ0) is 20.6. The van der Waals surface area contributed by atoms with Gasteiger partial charge in [0.05, 0.1) is 11.9 Å². The van der Waals surface area contributed by atoms with Gasteiger partial charge in [-0.25, -0.2) is 4.68 Å². The van der Waals surface area contributed by atoms with Crippen molar-refractivity contribution >= 4 is 23.6 Å². The summed E-state index contributed by atoms with van der Waals surface area (Å²) in [6, 6.07) is 17.2. The second-order valence-corrected chi connectivity index (χ2v) is 6.95. The molecule has 0 aliphatic carbocycles. The molecule has 148 valence electrons. The molecule has 1 heterocycles. The molecule has 1 aromatic heterocycles. The lowest BCUT2D eigenvalue weighted by Crippen LogP contribution is -2.21. The molecule has 0 saturated heterocycles. The SMILES string of the molecule is CC(C)C(=O)Nc1cccc(CNC(=O)/C=C/c2cnn(-c3ccccc3)c2)c1. The maximum absolute atomic E-state index is 12.1. The van der Waals surface area contributed by atoms with Gasteiger partial charge in [-0.15, -0.1) is 0 Å². The number of hydrogen-bond acceptors (Lipinski definition) is 3. The number of para-hydroxylation sites is 1. The number of nitrogens with zero attached hydrogens (tertiary/aromatic N) is 2. The first-order valence-electron chi connectivity index (χ1n) is 9.47. The summed E-state index contributed by atoms with van der Waals surface area (Å²) in [5.74, 6) is -0.325. The van der Waals surface area contributed by atoms with Gasteiger partial charge in [0.2, 0.25) is 11.8 Å². The Labute approximate surface area is 170 Å². The number of anilines is 1. The molecular weight excluding hydrogens is 364 g/mol. The van der Waals surface area contributed by atoms with E-state index >= 15 is 0 Å².